The molecule has 0 heterocycles. The van der Waals surface area contributed by atoms with Crippen LogP contribution in [0.5, 0.6) is 0 Å². The van der Waals surface area contributed by atoms with E-state index in [4.69, 9.17) is 5.11 Å². The Bertz CT molecular complexity index is 306. The van der Waals surface area contributed by atoms with Crippen molar-refractivity contribution in [1.82, 2.24) is 4.90 Å². The van der Waals surface area contributed by atoms with E-state index in [1.165, 1.54) is 12.8 Å². The molecule has 1 fully saturated rings. The van der Waals surface area contributed by atoms with Crippen LogP contribution in [0, 0.1) is 11.3 Å². The van der Waals surface area contributed by atoms with Crippen LogP contribution in [0.25, 0.3) is 0 Å². The summed E-state index contributed by atoms with van der Waals surface area (Å²) in [6, 6.07) is 0.146. The van der Waals surface area contributed by atoms with Crippen LogP contribution in [0.4, 0.5) is 0 Å². The average molecular weight is 241 g/mol. The summed E-state index contributed by atoms with van der Waals surface area (Å²) in [5, 5.41) is 9.03. The Balaban J connectivity index is 2.61. The summed E-state index contributed by atoms with van der Waals surface area (Å²) in [5.74, 6) is -0.324. The third-order valence-electron chi connectivity index (χ3n) is 3.27. The van der Waals surface area contributed by atoms with Gasteiger partial charge in [-0.25, -0.2) is 0 Å². The number of amides is 1. The number of carbonyl (C=O) groups is 2. The molecule has 98 valence electrons. The molecule has 1 rings (SSSR count). The minimum Gasteiger partial charge on any atom is -0.481 e. The Morgan fingerprint density at radius 3 is 2.24 bits per heavy atom. The minimum atomic E-state index is -0.978. The van der Waals surface area contributed by atoms with Crippen LogP contribution in [-0.2, 0) is 9.59 Å². The van der Waals surface area contributed by atoms with E-state index in [1.807, 2.05) is 18.7 Å². The molecule has 0 aromatic heterocycles. The van der Waals surface area contributed by atoms with Crippen LogP contribution in [-0.4, -0.2) is 34.5 Å². The van der Waals surface area contributed by atoms with Crippen LogP contribution in [0.15, 0.2) is 0 Å². The predicted molar refractivity (Wildman–Crippen MR) is 65.6 cm³/mol. The van der Waals surface area contributed by atoms with Crippen LogP contribution in [0.3, 0.4) is 0 Å². The van der Waals surface area contributed by atoms with Gasteiger partial charge in [0.15, 0.2) is 0 Å². The number of hydrogen-bond donors (Lipinski definition) is 1. The summed E-state index contributed by atoms with van der Waals surface area (Å²) in [6.45, 7) is 7.94. The zero-order chi connectivity index (χ0) is 13.2. The second-order valence-electron chi connectivity index (χ2n) is 5.95. The van der Waals surface area contributed by atoms with Gasteiger partial charge in [0.05, 0.1) is 5.41 Å². The monoisotopic (exact) mass is 241 g/mol. The molecule has 17 heavy (non-hydrogen) atoms. The maximum absolute atomic E-state index is 12.1. The normalized spacial score (nSPS) is 16.1. The summed E-state index contributed by atoms with van der Waals surface area (Å²) in [7, 11) is 0. The molecule has 0 aromatic rings. The molecule has 4 nitrogen and oxygen atoms in total. The van der Waals surface area contributed by atoms with E-state index < -0.39 is 11.4 Å². The maximum atomic E-state index is 12.1. The van der Waals surface area contributed by atoms with Gasteiger partial charge in [0.1, 0.15) is 0 Å². The van der Waals surface area contributed by atoms with Crippen molar-refractivity contribution in [3.63, 3.8) is 0 Å². The third-order valence-corrected chi connectivity index (χ3v) is 3.27. The molecule has 1 amide bonds. The summed E-state index contributed by atoms with van der Waals surface area (Å²) >= 11 is 0. The first kappa shape index (κ1) is 14.0. The molecule has 1 aliphatic rings. The fourth-order valence-electron chi connectivity index (χ4n) is 1.73. The van der Waals surface area contributed by atoms with E-state index in [0.29, 0.717) is 5.92 Å². The second-order valence-corrected chi connectivity index (χ2v) is 5.95. The SMILES string of the molecule is CC(C)N(CC1CC1)C(=O)CC(C)(C)C(=O)O. The molecule has 1 N–H and O–H groups in total. The van der Waals surface area contributed by atoms with Gasteiger partial charge in [0.2, 0.25) is 5.91 Å². The van der Waals surface area contributed by atoms with Crippen LogP contribution >= 0.6 is 0 Å². The van der Waals surface area contributed by atoms with Gasteiger partial charge in [0, 0.05) is 19.0 Å². The van der Waals surface area contributed by atoms with Gasteiger partial charge in [-0.15, -0.1) is 0 Å². The maximum Gasteiger partial charge on any atom is 0.309 e. The molecule has 0 bridgehead atoms. The highest BCUT2D eigenvalue weighted by Crippen LogP contribution is 2.31. The summed E-state index contributed by atoms with van der Waals surface area (Å²) in [6.07, 6.45) is 2.46. The lowest BCUT2D eigenvalue weighted by atomic mass is 9.89. The van der Waals surface area contributed by atoms with E-state index >= 15 is 0 Å². The lowest BCUT2D eigenvalue weighted by molar-refractivity contribution is -0.152. The van der Waals surface area contributed by atoms with Gasteiger partial charge in [0.25, 0.3) is 0 Å². The Hall–Kier alpha value is -1.06. The lowest BCUT2D eigenvalue weighted by Crippen LogP contribution is -2.41. The summed E-state index contributed by atoms with van der Waals surface area (Å²) in [5.41, 5.74) is -0.978. The molecule has 0 saturated heterocycles. The lowest BCUT2D eigenvalue weighted by Gasteiger charge is -2.30. The first-order valence-corrected chi connectivity index (χ1v) is 6.27. The smallest absolute Gasteiger partial charge is 0.309 e. The van der Waals surface area contributed by atoms with Crippen molar-refractivity contribution in [2.45, 2.75) is 53.0 Å². The Kier molecular flexibility index (Phi) is 4.17. The molecule has 0 spiro atoms. The van der Waals surface area contributed by atoms with Gasteiger partial charge < -0.3 is 10.0 Å². The highest BCUT2D eigenvalue weighted by molar-refractivity contribution is 5.84. The quantitative estimate of drug-likeness (QED) is 0.775. The number of hydrogen-bond acceptors (Lipinski definition) is 2. The summed E-state index contributed by atoms with van der Waals surface area (Å²) < 4.78 is 0. The predicted octanol–water partition coefficient (Wildman–Crippen LogP) is 2.13. The number of carboxylic acid groups (broad SMARTS) is 1. The molecule has 4 heteroatoms. The van der Waals surface area contributed by atoms with Crippen molar-refractivity contribution in [3.8, 4) is 0 Å². The number of carboxylic acids is 1. The summed E-state index contributed by atoms with van der Waals surface area (Å²) in [4.78, 5) is 25.0. The van der Waals surface area contributed by atoms with Crippen LogP contribution in [0.2, 0.25) is 0 Å². The first-order valence-electron chi connectivity index (χ1n) is 6.27. The van der Waals surface area contributed by atoms with Gasteiger partial charge in [-0.05, 0) is 46.5 Å². The van der Waals surface area contributed by atoms with Crippen molar-refractivity contribution in [3.05, 3.63) is 0 Å². The zero-order valence-electron chi connectivity index (χ0n) is 11.2. The molecule has 0 atom stereocenters. The van der Waals surface area contributed by atoms with Crippen molar-refractivity contribution in [1.29, 1.82) is 0 Å². The topological polar surface area (TPSA) is 57.6 Å². The molecular weight excluding hydrogens is 218 g/mol. The largest absolute Gasteiger partial charge is 0.481 e. The van der Waals surface area contributed by atoms with Crippen molar-refractivity contribution in [2.75, 3.05) is 6.54 Å². The molecule has 0 unspecified atom stereocenters. The standard InChI is InChI=1S/C13H23NO3/c1-9(2)14(8-10-5-6-10)11(15)7-13(3,4)12(16)17/h9-10H,5-8H2,1-4H3,(H,16,17). The van der Waals surface area contributed by atoms with E-state index in [9.17, 15) is 9.59 Å². The van der Waals surface area contributed by atoms with E-state index in [0.717, 1.165) is 6.54 Å². The number of rotatable bonds is 6. The average Bonchev–Trinajstić information content (AvgIpc) is 2.95. The van der Waals surface area contributed by atoms with E-state index in [1.54, 1.807) is 13.8 Å². The fraction of sp³-hybridized carbons (Fsp3) is 0.846. The fourth-order valence-corrected chi connectivity index (χ4v) is 1.73. The Morgan fingerprint density at radius 1 is 1.35 bits per heavy atom. The third kappa shape index (κ3) is 4.02. The number of aliphatic carboxylic acids is 1. The number of carbonyl (C=O) groups excluding carboxylic acids is 1. The van der Waals surface area contributed by atoms with E-state index in [2.05, 4.69) is 0 Å². The van der Waals surface area contributed by atoms with Gasteiger partial charge >= 0.3 is 5.97 Å². The van der Waals surface area contributed by atoms with Gasteiger partial charge in [-0.2, -0.15) is 0 Å². The van der Waals surface area contributed by atoms with Crippen molar-refractivity contribution < 1.29 is 14.7 Å². The molecule has 0 radical (unpaired) electrons. The van der Waals surface area contributed by atoms with Gasteiger partial charge in [-0.1, -0.05) is 0 Å². The number of nitrogens with zero attached hydrogens (tertiary/aromatic N) is 1. The Labute approximate surface area is 103 Å². The Morgan fingerprint density at radius 2 is 1.88 bits per heavy atom. The highest BCUT2D eigenvalue weighted by Gasteiger charge is 2.34. The molecular formula is C13H23NO3. The molecule has 0 aromatic carbocycles. The van der Waals surface area contributed by atoms with E-state index in [-0.39, 0.29) is 18.4 Å². The van der Waals surface area contributed by atoms with Gasteiger partial charge in [-0.3, -0.25) is 9.59 Å². The zero-order valence-corrected chi connectivity index (χ0v) is 11.2. The molecule has 1 saturated carbocycles. The van der Waals surface area contributed by atoms with Crippen molar-refractivity contribution in [2.24, 2.45) is 11.3 Å². The second kappa shape index (κ2) is 5.07. The molecule has 0 aliphatic heterocycles. The first-order chi connectivity index (χ1) is 7.74. The van der Waals surface area contributed by atoms with Crippen LogP contribution in [0.1, 0.15) is 47.0 Å². The molecule has 1 aliphatic carbocycles. The highest BCUT2D eigenvalue weighted by atomic mass is 16.4. The van der Waals surface area contributed by atoms with Crippen molar-refractivity contribution >= 4 is 11.9 Å². The minimum absolute atomic E-state index is 0.0423. The van der Waals surface area contributed by atoms with Crippen LogP contribution < -0.4 is 0 Å².